The highest BCUT2D eigenvalue weighted by atomic mass is 15.1. The van der Waals surface area contributed by atoms with Crippen LogP contribution < -0.4 is 9.80 Å². The number of anilines is 6. The van der Waals surface area contributed by atoms with Crippen molar-refractivity contribution < 1.29 is 0 Å². The van der Waals surface area contributed by atoms with Crippen LogP contribution in [-0.2, 0) is 10.8 Å². The van der Waals surface area contributed by atoms with Gasteiger partial charge in [0, 0.05) is 56.1 Å². The molecule has 0 N–H and O–H groups in total. The van der Waals surface area contributed by atoms with E-state index in [1.54, 1.807) is 0 Å². The zero-order chi connectivity index (χ0) is 37.5. The first-order valence-electron chi connectivity index (χ1n) is 19.0. The molecule has 0 unspecified atom stereocenters. The van der Waals surface area contributed by atoms with Gasteiger partial charge in [-0.2, -0.15) is 0 Å². The fourth-order valence-corrected chi connectivity index (χ4v) is 8.40. The van der Waals surface area contributed by atoms with Gasteiger partial charge < -0.3 is 9.80 Å². The molecule has 6 aromatic carbocycles. The molecule has 4 heteroatoms. The van der Waals surface area contributed by atoms with E-state index in [1.165, 1.54) is 44.5 Å². The summed E-state index contributed by atoms with van der Waals surface area (Å²) in [4.78, 5) is 15.8. The highest BCUT2D eigenvalue weighted by Gasteiger charge is 2.45. The fraction of sp³-hybridized carbons (Fsp3) is 0.200. The van der Waals surface area contributed by atoms with Crippen molar-refractivity contribution in [3.63, 3.8) is 0 Å². The molecule has 9 rings (SSSR count). The molecule has 7 aromatic rings. The minimum atomic E-state index is -0.338. The summed E-state index contributed by atoms with van der Waals surface area (Å²) in [5.74, 6) is 0. The first kappa shape index (κ1) is 33.8. The lowest BCUT2D eigenvalue weighted by molar-refractivity contribution is 0.617. The summed E-state index contributed by atoms with van der Waals surface area (Å²) < 4.78 is 0. The Kier molecular flexibility index (Phi) is 7.69. The van der Waals surface area contributed by atoms with Gasteiger partial charge in [-0.25, -0.2) is 9.97 Å². The highest BCUT2D eigenvalue weighted by molar-refractivity contribution is 5.87. The van der Waals surface area contributed by atoms with E-state index in [0.717, 1.165) is 56.9 Å². The number of benzene rings is 6. The van der Waals surface area contributed by atoms with Gasteiger partial charge in [-0.05, 0) is 112 Å². The van der Waals surface area contributed by atoms with Crippen molar-refractivity contribution in [3.8, 4) is 22.5 Å². The molecule has 1 heterocycles. The largest absolute Gasteiger partial charge is 0.310 e. The molecule has 0 atom stereocenters. The predicted molar refractivity (Wildman–Crippen MR) is 225 cm³/mol. The second-order valence-corrected chi connectivity index (χ2v) is 16.3. The first-order chi connectivity index (χ1) is 25.9. The van der Waals surface area contributed by atoms with Crippen LogP contribution in [0.2, 0.25) is 0 Å². The zero-order valence-electron chi connectivity index (χ0n) is 32.5. The quantitative estimate of drug-likeness (QED) is 0.173. The summed E-state index contributed by atoms with van der Waals surface area (Å²) in [6.07, 6.45) is 0. The third-order valence-corrected chi connectivity index (χ3v) is 11.6. The molecule has 2 aliphatic carbocycles. The molecule has 0 aliphatic heterocycles. The Balaban J connectivity index is 1.14. The first-order valence-corrected chi connectivity index (χ1v) is 19.0. The van der Waals surface area contributed by atoms with Crippen molar-refractivity contribution >= 4 is 34.1 Å². The SMILES string of the molecule is Cc1ccc(N(c2ccc(C)cc2)c2ccc3c(c2)C(C)(C)c2nc4c(nc2-3)C(C)(C)c2cc(N(c3ccc(C)cc3)c3ccc(C)cc3)ccc2-4)cc1. The van der Waals surface area contributed by atoms with Gasteiger partial charge in [-0.3, -0.25) is 0 Å². The van der Waals surface area contributed by atoms with E-state index in [9.17, 15) is 0 Å². The Morgan fingerprint density at radius 3 is 0.889 bits per heavy atom. The zero-order valence-corrected chi connectivity index (χ0v) is 32.5. The number of fused-ring (bicyclic) bond motifs is 6. The van der Waals surface area contributed by atoms with Crippen molar-refractivity contribution in [3.05, 3.63) is 178 Å². The summed E-state index contributed by atoms with van der Waals surface area (Å²) >= 11 is 0. The molecule has 54 heavy (non-hydrogen) atoms. The summed E-state index contributed by atoms with van der Waals surface area (Å²) in [6.45, 7) is 17.7. The van der Waals surface area contributed by atoms with Crippen molar-refractivity contribution in [1.29, 1.82) is 0 Å². The average molecular weight is 703 g/mol. The molecule has 0 amide bonds. The smallest absolute Gasteiger partial charge is 0.0933 e. The number of aryl methyl sites for hydroxylation is 4. The van der Waals surface area contributed by atoms with Crippen molar-refractivity contribution in [2.75, 3.05) is 9.80 Å². The molecule has 0 fully saturated rings. The highest BCUT2D eigenvalue weighted by Crippen LogP contribution is 2.54. The van der Waals surface area contributed by atoms with Gasteiger partial charge in [0.15, 0.2) is 0 Å². The molecular formula is C50H46N4. The maximum Gasteiger partial charge on any atom is 0.0933 e. The molecule has 0 saturated carbocycles. The molecule has 0 spiro atoms. The molecule has 0 saturated heterocycles. The van der Waals surface area contributed by atoms with Crippen LogP contribution >= 0.6 is 0 Å². The summed E-state index contributed by atoms with van der Waals surface area (Å²) in [5.41, 5.74) is 20.0. The topological polar surface area (TPSA) is 32.3 Å². The van der Waals surface area contributed by atoms with Crippen LogP contribution in [0.1, 0.15) is 72.5 Å². The normalized spacial score (nSPS) is 14.2. The standard InChI is InChI=1S/C50H46N4/c1-31-9-17-35(18-10-31)53(36-19-11-32(2)12-20-36)39-25-27-41-43(29-39)49(5,6)47-45(41)51-48-46(52-47)42-28-26-40(30-44(42)50(48,7)8)54(37-21-13-33(3)14-22-37)38-23-15-34(4)16-24-38/h9-30H,1-8H3. The van der Waals surface area contributed by atoms with E-state index in [1.807, 2.05) is 0 Å². The molecule has 0 bridgehead atoms. The summed E-state index contributed by atoms with van der Waals surface area (Å²) in [7, 11) is 0. The Bertz CT molecular complexity index is 2290. The molecule has 2 aliphatic rings. The molecular weight excluding hydrogens is 657 g/mol. The van der Waals surface area contributed by atoms with Gasteiger partial charge in [-0.15, -0.1) is 0 Å². The Morgan fingerprint density at radius 1 is 0.352 bits per heavy atom. The van der Waals surface area contributed by atoms with Crippen LogP contribution in [-0.4, -0.2) is 9.97 Å². The minimum absolute atomic E-state index is 0.338. The summed E-state index contributed by atoms with van der Waals surface area (Å²) in [5, 5.41) is 0. The average Bonchev–Trinajstić information content (AvgIpc) is 3.52. The fourth-order valence-electron chi connectivity index (χ4n) is 8.40. The number of hydrogen-bond donors (Lipinski definition) is 0. The maximum atomic E-state index is 5.57. The number of nitrogens with zero attached hydrogens (tertiary/aromatic N) is 4. The van der Waals surface area contributed by atoms with Crippen LogP contribution in [0, 0.1) is 27.7 Å². The van der Waals surface area contributed by atoms with E-state index in [0.29, 0.717) is 0 Å². The molecule has 266 valence electrons. The van der Waals surface area contributed by atoms with Gasteiger partial charge in [0.05, 0.1) is 22.8 Å². The predicted octanol–water partition coefficient (Wildman–Crippen LogP) is 13.3. The van der Waals surface area contributed by atoms with Crippen molar-refractivity contribution in [2.45, 2.75) is 66.2 Å². The van der Waals surface area contributed by atoms with E-state index in [-0.39, 0.29) is 10.8 Å². The van der Waals surface area contributed by atoms with Gasteiger partial charge in [0.25, 0.3) is 0 Å². The third-order valence-electron chi connectivity index (χ3n) is 11.6. The minimum Gasteiger partial charge on any atom is -0.310 e. The summed E-state index contributed by atoms with van der Waals surface area (Å²) in [6, 6.07) is 48.9. The lowest BCUT2D eigenvalue weighted by atomic mass is 9.84. The van der Waals surface area contributed by atoms with Crippen LogP contribution in [0.4, 0.5) is 34.1 Å². The second-order valence-electron chi connectivity index (χ2n) is 16.3. The van der Waals surface area contributed by atoms with Gasteiger partial charge in [0.2, 0.25) is 0 Å². The monoisotopic (exact) mass is 702 g/mol. The van der Waals surface area contributed by atoms with E-state index in [2.05, 4.69) is 199 Å². The maximum absolute atomic E-state index is 5.57. The van der Waals surface area contributed by atoms with Crippen molar-refractivity contribution in [1.82, 2.24) is 9.97 Å². The number of hydrogen-bond acceptors (Lipinski definition) is 4. The lowest BCUT2D eigenvalue weighted by Crippen LogP contribution is -2.20. The molecule has 0 radical (unpaired) electrons. The number of aromatic nitrogens is 2. The van der Waals surface area contributed by atoms with Crippen LogP contribution in [0.3, 0.4) is 0 Å². The van der Waals surface area contributed by atoms with Crippen LogP contribution in [0.25, 0.3) is 22.5 Å². The Morgan fingerprint density at radius 2 is 0.611 bits per heavy atom. The van der Waals surface area contributed by atoms with Crippen LogP contribution in [0.15, 0.2) is 133 Å². The van der Waals surface area contributed by atoms with Gasteiger partial charge in [-0.1, -0.05) is 111 Å². The van der Waals surface area contributed by atoms with E-state index < -0.39 is 0 Å². The van der Waals surface area contributed by atoms with E-state index >= 15 is 0 Å². The van der Waals surface area contributed by atoms with Crippen LogP contribution in [0.5, 0.6) is 0 Å². The van der Waals surface area contributed by atoms with Crippen molar-refractivity contribution in [2.24, 2.45) is 0 Å². The Hall–Kier alpha value is -6.00. The van der Waals surface area contributed by atoms with Gasteiger partial charge >= 0.3 is 0 Å². The molecule has 1 aromatic heterocycles. The van der Waals surface area contributed by atoms with E-state index in [4.69, 9.17) is 9.97 Å². The van der Waals surface area contributed by atoms with Gasteiger partial charge in [0.1, 0.15) is 0 Å². The lowest BCUT2D eigenvalue weighted by Gasteiger charge is -2.28. The third kappa shape index (κ3) is 5.35. The second kappa shape index (κ2) is 12.3. The molecule has 4 nitrogen and oxygen atoms in total. The Labute approximate surface area is 319 Å². The number of rotatable bonds is 6.